The summed E-state index contributed by atoms with van der Waals surface area (Å²) in [7, 11) is 2.07. The third-order valence-corrected chi connectivity index (χ3v) is 4.86. The van der Waals surface area contributed by atoms with Crippen LogP contribution in [0.3, 0.4) is 0 Å². The van der Waals surface area contributed by atoms with Gasteiger partial charge in [0.25, 0.3) is 0 Å². The Bertz CT molecular complexity index is 400. The summed E-state index contributed by atoms with van der Waals surface area (Å²) in [4.78, 5) is 0. The second-order valence-corrected chi connectivity index (χ2v) is 6.83. The van der Waals surface area contributed by atoms with Gasteiger partial charge in [-0.1, -0.05) is 19.3 Å². The van der Waals surface area contributed by atoms with Crippen LogP contribution in [0.1, 0.15) is 63.6 Å². The molecule has 19 heavy (non-hydrogen) atoms. The van der Waals surface area contributed by atoms with Crippen molar-refractivity contribution < 1.29 is 0 Å². The van der Waals surface area contributed by atoms with Gasteiger partial charge in [-0.05, 0) is 62.1 Å². The summed E-state index contributed by atoms with van der Waals surface area (Å²) >= 11 is 3.72. The molecule has 108 valence electrons. The number of aromatic nitrogens is 2. The van der Waals surface area contributed by atoms with E-state index in [0.717, 1.165) is 12.5 Å². The summed E-state index contributed by atoms with van der Waals surface area (Å²) in [5.41, 5.74) is 1.41. The molecule has 0 radical (unpaired) electrons. The summed E-state index contributed by atoms with van der Waals surface area (Å²) in [5.74, 6) is 1.37. The fraction of sp³-hybridized carbons (Fsp3) is 0.800. The zero-order chi connectivity index (χ0) is 13.8. The molecule has 2 unspecified atom stereocenters. The lowest BCUT2D eigenvalue weighted by Gasteiger charge is -2.27. The fourth-order valence-electron chi connectivity index (χ4n) is 3.36. The Balaban J connectivity index is 2.32. The van der Waals surface area contributed by atoms with Crippen LogP contribution >= 0.6 is 15.9 Å². The van der Waals surface area contributed by atoms with E-state index in [1.807, 2.05) is 6.20 Å². The molecule has 1 aromatic heterocycles. The Morgan fingerprint density at radius 1 is 1.37 bits per heavy atom. The lowest BCUT2D eigenvalue weighted by molar-refractivity contribution is 0.356. The van der Waals surface area contributed by atoms with Gasteiger partial charge in [0, 0.05) is 12.0 Å². The molecule has 1 saturated carbocycles. The average molecular weight is 328 g/mol. The molecule has 2 atom stereocenters. The lowest BCUT2D eigenvalue weighted by atomic mass is 9.85. The highest BCUT2D eigenvalue weighted by Crippen LogP contribution is 2.40. The first-order chi connectivity index (χ1) is 9.15. The van der Waals surface area contributed by atoms with Crippen LogP contribution in [0.2, 0.25) is 0 Å². The van der Waals surface area contributed by atoms with Gasteiger partial charge in [0.15, 0.2) is 0 Å². The molecule has 0 saturated heterocycles. The molecule has 1 aliphatic carbocycles. The molecule has 1 fully saturated rings. The molecule has 0 bridgehead atoms. The van der Waals surface area contributed by atoms with Crippen LogP contribution in [0.5, 0.6) is 0 Å². The number of nitrogens with zero attached hydrogens (tertiary/aromatic N) is 2. The quantitative estimate of drug-likeness (QED) is 0.843. The number of rotatable bonds is 4. The maximum atomic E-state index is 4.56. The Morgan fingerprint density at radius 3 is 2.79 bits per heavy atom. The van der Waals surface area contributed by atoms with E-state index in [0.29, 0.717) is 12.0 Å². The maximum absolute atomic E-state index is 4.56. The second kappa shape index (κ2) is 6.89. The van der Waals surface area contributed by atoms with Crippen LogP contribution in [-0.2, 0) is 0 Å². The third kappa shape index (κ3) is 3.40. The standard InChI is InChI=1S/C15H26BrN3/c1-11(2)19-15(14(16)10-18-19)13-8-6-4-5-7-12(13)9-17-3/h10-13,17H,4-9H2,1-3H3. The molecule has 0 aromatic carbocycles. The zero-order valence-electron chi connectivity index (χ0n) is 12.3. The van der Waals surface area contributed by atoms with Crippen LogP contribution in [0.25, 0.3) is 0 Å². The minimum absolute atomic E-state index is 0.430. The van der Waals surface area contributed by atoms with Gasteiger partial charge in [-0.3, -0.25) is 4.68 Å². The summed E-state index contributed by atoms with van der Waals surface area (Å²) in [6.45, 7) is 5.54. The van der Waals surface area contributed by atoms with Gasteiger partial charge in [-0.25, -0.2) is 0 Å². The molecule has 0 spiro atoms. The van der Waals surface area contributed by atoms with Gasteiger partial charge in [0.1, 0.15) is 0 Å². The van der Waals surface area contributed by atoms with Crippen molar-refractivity contribution >= 4 is 15.9 Å². The van der Waals surface area contributed by atoms with E-state index in [4.69, 9.17) is 0 Å². The summed E-state index contributed by atoms with van der Waals surface area (Å²) in [5, 5.41) is 7.95. The van der Waals surface area contributed by atoms with E-state index in [-0.39, 0.29) is 0 Å². The highest BCUT2D eigenvalue weighted by molar-refractivity contribution is 9.10. The average Bonchev–Trinajstić information content (AvgIpc) is 2.61. The molecule has 1 aromatic rings. The van der Waals surface area contributed by atoms with Gasteiger partial charge >= 0.3 is 0 Å². The molecule has 3 nitrogen and oxygen atoms in total. The maximum Gasteiger partial charge on any atom is 0.0635 e. The Labute approximate surface area is 125 Å². The van der Waals surface area contributed by atoms with Crippen LogP contribution < -0.4 is 5.32 Å². The van der Waals surface area contributed by atoms with Crippen molar-refractivity contribution in [3.8, 4) is 0 Å². The molecular weight excluding hydrogens is 302 g/mol. The highest BCUT2D eigenvalue weighted by atomic mass is 79.9. The first-order valence-corrected chi connectivity index (χ1v) is 8.32. The Morgan fingerprint density at radius 2 is 2.11 bits per heavy atom. The van der Waals surface area contributed by atoms with Gasteiger partial charge in [0.2, 0.25) is 0 Å². The monoisotopic (exact) mass is 327 g/mol. The predicted octanol–water partition coefficient (Wildman–Crippen LogP) is 4.11. The second-order valence-electron chi connectivity index (χ2n) is 5.98. The van der Waals surface area contributed by atoms with Gasteiger partial charge in [-0.15, -0.1) is 0 Å². The number of halogens is 1. The topological polar surface area (TPSA) is 29.9 Å². The first-order valence-electron chi connectivity index (χ1n) is 7.52. The van der Waals surface area contributed by atoms with E-state index in [1.54, 1.807) is 0 Å². The molecule has 4 heteroatoms. The summed E-state index contributed by atoms with van der Waals surface area (Å²) in [6, 6.07) is 0.430. The van der Waals surface area contributed by atoms with E-state index in [9.17, 15) is 0 Å². The van der Waals surface area contributed by atoms with E-state index >= 15 is 0 Å². The van der Waals surface area contributed by atoms with Crippen LogP contribution in [0, 0.1) is 5.92 Å². The van der Waals surface area contributed by atoms with Crippen molar-refractivity contribution in [2.45, 2.75) is 57.9 Å². The molecule has 1 N–H and O–H groups in total. The van der Waals surface area contributed by atoms with Gasteiger partial charge in [0.05, 0.1) is 16.4 Å². The Kier molecular flexibility index (Phi) is 5.46. The number of hydrogen-bond donors (Lipinski definition) is 1. The predicted molar refractivity (Wildman–Crippen MR) is 83.6 cm³/mol. The molecule has 1 aliphatic rings. The molecular formula is C15H26BrN3. The van der Waals surface area contributed by atoms with Crippen LogP contribution in [0.15, 0.2) is 10.7 Å². The normalized spacial score (nSPS) is 24.7. The smallest absolute Gasteiger partial charge is 0.0635 e. The van der Waals surface area contributed by atoms with E-state index in [2.05, 4.69) is 51.9 Å². The van der Waals surface area contributed by atoms with Crippen LogP contribution in [-0.4, -0.2) is 23.4 Å². The third-order valence-electron chi connectivity index (χ3n) is 4.25. The van der Waals surface area contributed by atoms with E-state index < -0.39 is 0 Å². The molecule has 0 amide bonds. The zero-order valence-corrected chi connectivity index (χ0v) is 13.9. The largest absolute Gasteiger partial charge is 0.319 e. The van der Waals surface area contributed by atoms with Gasteiger partial charge < -0.3 is 5.32 Å². The van der Waals surface area contributed by atoms with Gasteiger partial charge in [-0.2, -0.15) is 5.10 Å². The Hall–Kier alpha value is -0.350. The van der Waals surface area contributed by atoms with Crippen molar-refractivity contribution in [3.63, 3.8) is 0 Å². The SMILES string of the molecule is CNCC1CCCCCC1c1c(Br)cnn1C(C)C. The van der Waals surface area contributed by atoms with E-state index in [1.165, 1.54) is 42.3 Å². The minimum atomic E-state index is 0.430. The summed E-state index contributed by atoms with van der Waals surface area (Å²) < 4.78 is 3.40. The van der Waals surface area contributed by atoms with Crippen molar-refractivity contribution in [3.05, 3.63) is 16.4 Å². The molecule has 1 heterocycles. The fourth-order valence-corrected chi connectivity index (χ4v) is 3.93. The summed E-state index contributed by atoms with van der Waals surface area (Å²) in [6.07, 6.45) is 8.70. The molecule has 2 rings (SSSR count). The number of hydrogen-bond acceptors (Lipinski definition) is 2. The highest BCUT2D eigenvalue weighted by Gasteiger charge is 2.29. The number of nitrogens with one attached hydrogen (secondary N) is 1. The minimum Gasteiger partial charge on any atom is -0.319 e. The first kappa shape index (κ1) is 15.0. The van der Waals surface area contributed by atoms with Crippen molar-refractivity contribution in [1.29, 1.82) is 0 Å². The van der Waals surface area contributed by atoms with Crippen molar-refractivity contribution in [1.82, 2.24) is 15.1 Å². The van der Waals surface area contributed by atoms with Crippen LogP contribution in [0.4, 0.5) is 0 Å². The molecule has 0 aliphatic heterocycles. The van der Waals surface area contributed by atoms with Crippen molar-refractivity contribution in [2.24, 2.45) is 5.92 Å². The van der Waals surface area contributed by atoms with Crippen molar-refractivity contribution in [2.75, 3.05) is 13.6 Å². The lowest BCUT2D eigenvalue weighted by Crippen LogP contribution is -2.26.